The Balaban J connectivity index is 1.86. The minimum absolute atomic E-state index is 0.295. The monoisotopic (exact) mass is 352 g/mol. The van der Waals surface area contributed by atoms with Crippen molar-refractivity contribution in [3.8, 4) is 0 Å². The summed E-state index contributed by atoms with van der Waals surface area (Å²) in [6.07, 6.45) is 4.07. The Morgan fingerprint density at radius 3 is 2.64 bits per heavy atom. The molecule has 0 aliphatic heterocycles. The normalized spacial score (nSPS) is 16.0. The van der Waals surface area contributed by atoms with Gasteiger partial charge in [0.15, 0.2) is 0 Å². The number of nitrogens with one attached hydrogen (secondary N) is 3. The first-order chi connectivity index (χ1) is 11.7. The van der Waals surface area contributed by atoms with Crippen LogP contribution in [0.4, 0.5) is 4.79 Å². The lowest BCUT2D eigenvalue weighted by molar-refractivity contribution is 0.0382. The van der Waals surface area contributed by atoms with Crippen LogP contribution in [0.15, 0.2) is 6.20 Å². The molecule has 1 aromatic rings. The van der Waals surface area contributed by atoms with Gasteiger partial charge in [-0.1, -0.05) is 0 Å². The smallest absolute Gasteiger partial charge is 0.408 e. The molecule has 1 aliphatic rings. The second-order valence-corrected chi connectivity index (χ2v) is 7.36. The number of hydrogen-bond acceptors (Lipinski definition) is 6. The Morgan fingerprint density at radius 1 is 1.36 bits per heavy atom. The van der Waals surface area contributed by atoms with Gasteiger partial charge in [0.25, 0.3) is 0 Å². The summed E-state index contributed by atoms with van der Waals surface area (Å²) in [4.78, 5) is 23.9. The SMILES string of the molecule is CCOC(=O)c1[nH]ncc1CNCC1(NC(=O)OC(C)(C)C)CCC1. The lowest BCUT2D eigenvalue weighted by Gasteiger charge is -2.42. The highest BCUT2D eigenvalue weighted by Crippen LogP contribution is 2.31. The van der Waals surface area contributed by atoms with E-state index in [9.17, 15) is 9.59 Å². The van der Waals surface area contributed by atoms with Crippen molar-refractivity contribution in [1.29, 1.82) is 0 Å². The van der Waals surface area contributed by atoms with E-state index in [2.05, 4.69) is 20.8 Å². The third kappa shape index (κ3) is 5.45. The molecule has 0 unspecified atom stereocenters. The van der Waals surface area contributed by atoms with E-state index in [4.69, 9.17) is 9.47 Å². The molecular formula is C17H28N4O4. The number of nitrogens with zero attached hydrogens (tertiary/aromatic N) is 1. The number of H-pyrrole nitrogens is 1. The number of aromatic nitrogens is 2. The molecule has 3 N–H and O–H groups in total. The molecule has 2 rings (SSSR count). The molecule has 1 aliphatic carbocycles. The molecule has 1 saturated carbocycles. The number of carbonyl (C=O) groups excluding carboxylic acids is 2. The first-order valence-corrected chi connectivity index (χ1v) is 8.66. The Bertz CT molecular complexity index is 602. The van der Waals surface area contributed by atoms with Crippen molar-refractivity contribution >= 4 is 12.1 Å². The first-order valence-electron chi connectivity index (χ1n) is 8.66. The van der Waals surface area contributed by atoms with Gasteiger partial charge in [0.1, 0.15) is 11.3 Å². The molecule has 0 aromatic carbocycles. The summed E-state index contributed by atoms with van der Waals surface area (Å²) >= 11 is 0. The third-order valence-corrected chi connectivity index (χ3v) is 4.05. The number of amides is 1. The van der Waals surface area contributed by atoms with Crippen molar-refractivity contribution in [3.05, 3.63) is 17.5 Å². The molecule has 1 heterocycles. The fourth-order valence-electron chi connectivity index (χ4n) is 2.73. The van der Waals surface area contributed by atoms with E-state index >= 15 is 0 Å². The van der Waals surface area contributed by atoms with Gasteiger partial charge in [0, 0.05) is 18.7 Å². The molecule has 0 bridgehead atoms. The third-order valence-electron chi connectivity index (χ3n) is 4.05. The van der Waals surface area contributed by atoms with E-state index in [1.165, 1.54) is 0 Å². The highest BCUT2D eigenvalue weighted by molar-refractivity contribution is 5.88. The van der Waals surface area contributed by atoms with E-state index in [1.54, 1.807) is 13.1 Å². The van der Waals surface area contributed by atoms with Crippen LogP contribution in [0.2, 0.25) is 0 Å². The molecule has 25 heavy (non-hydrogen) atoms. The number of rotatable bonds is 7. The number of esters is 1. The van der Waals surface area contributed by atoms with Gasteiger partial charge in [-0.15, -0.1) is 0 Å². The first kappa shape index (κ1) is 19.2. The highest BCUT2D eigenvalue weighted by Gasteiger charge is 2.39. The zero-order valence-corrected chi connectivity index (χ0v) is 15.4. The Morgan fingerprint density at radius 2 is 2.08 bits per heavy atom. The summed E-state index contributed by atoms with van der Waals surface area (Å²) in [5.74, 6) is -0.415. The molecule has 8 heteroatoms. The Labute approximate surface area is 148 Å². The maximum atomic E-state index is 12.0. The molecule has 0 saturated heterocycles. The van der Waals surface area contributed by atoms with Crippen LogP contribution in [0.5, 0.6) is 0 Å². The van der Waals surface area contributed by atoms with Crippen LogP contribution in [-0.4, -0.2) is 46.6 Å². The van der Waals surface area contributed by atoms with Crippen molar-refractivity contribution in [2.75, 3.05) is 13.2 Å². The van der Waals surface area contributed by atoms with Crippen LogP contribution < -0.4 is 10.6 Å². The van der Waals surface area contributed by atoms with Crippen LogP contribution in [0.1, 0.15) is 63.0 Å². The lowest BCUT2D eigenvalue weighted by Crippen LogP contribution is -2.59. The summed E-state index contributed by atoms with van der Waals surface area (Å²) in [6.45, 7) is 8.65. The van der Waals surface area contributed by atoms with Crippen molar-refractivity contribution in [1.82, 2.24) is 20.8 Å². The molecule has 1 aromatic heterocycles. The van der Waals surface area contributed by atoms with E-state index in [0.717, 1.165) is 24.8 Å². The van der Waals surface area contributed by atoms with Gasteiger partial charge in [0.2, 0.25) is 0 Å². The summed E-state index contributed by atoms with van der Waals surface area (Å²) in [5.41, 5.74) is 0.284. The summed E-state index contributed by atoms with van der Waals surface area (Å²) < 4.78 is 10.3. The van der Waals surface area contributed by atoms with Crippen molar-refractivity contribution in [3.63, 3.8) is 0 Å². The van der Waals surface area contributed by atoms with Gasteiger partial charge < -0.3 is 20.1 Å². The second kappa shape index (κ2) is 7.86. The van der Waals surface area contributed by atoms with E-state index < -0.39 is 17.7 Å². The van der Waals surface area contributed by atoms with Crippen LogP contribution in [0, 0.1) is 0 Å². The fraction of sp³-hybridized carbons (Fsp3) is 0.706. The van der Waals surface area contributed by atoms with Gasteiger partial charge in [-0.25, -0.2) is 9.59 Å². The van der Waals surface area contributed by atoms with Crippen LogP contribution in [0.3, 0.4) is 0 Å². The second-order valence-electron chi connectivity index (χ2n) is 7.36. The number of aromatic amines is 1. The molecule has 1 fully saturated rings. The topological polar surface area (TPSA) is 105 Å². The van der Waals surface area contributed by atoms with E-state index in [1.807, 2.05) is 20.8 Å². The molecule has 140 valence electrons. The molecule has 8 nitrogen and oxygen atoms in total. The Kier molecular flexibility index (Phi) is 6.05. The number of carbonyl (C=O) groups is 2. The molecule has 0 radical (unpaired) electrons. The maximum absolute atomic E-state index is 12.0. The van der Waals surface area contributed by atoms with Gasteiger partial charge >= 0.3 is 12.1 Å². The van der Waals surface area contributed by atoms with Crippen LogP contribution in [-0.2, 0) is 16.0 Å². The molecule has 0 atom stereocenters. The molecule has 1 amide bonds. The average molecular weight is 352 g/mol. The van der Waals surface area contributed by atoms with Crippen molar-refractivity contribution in [2.24, 2.45) is 0 Å². The van der Waals surface area contributed by atoms with E-state index in [-0.39, 0.29) is 5.54 Å². The van der Waals surface area contributed by atoms with Gasteiger partial charge in [0.05, 0.1) is 18.3 Å². The largest absolute Gasteiger partial charge is 0.461 e. The Hall–Kier alpha value is -2.09. The lowest BCUT2D eigenvalue weighted by atomic mass is 9.76. The number of ether oxygens (including phenoxy) is 2. The van der Waals surface area contributed by atoms with Gasteiger partial charge in [-0.3, -0.25) is 5.10 Å². The van der Waals surface area contributed by atoms with Crippen LogP contribution >= 0.6 is 0 Å². The van der Waals surface area contributed by atoms with Crippen LogP contribution in [0.25, 0.3) is 0 Å². The average Bonchev–Trinajstić information content (AvgIpc) is 2.91. The standard InChI is InChI=1S/C17H28N4O4/c1-5-24-14(22)13-12(10-19-21-13)9-18-11-17(7-6-8-17)20-15(23)25-16(2,3)4/h10,18H,5-9,11H2,1-4H3,(H,19,21)(H,20,23). The highest BCUT2D eigenvalue weighted by atomic mass is 16.6. The predicted octanol–water partition coefficient (Wildman–Crippen LogP) is 2.12. The fourth-order valence-corrected chi connectivity index (χ4v) is 2.73. The van der Waals surface area contributed by atoms with Crippen molar-refractivity contribution in [2.45, 2.75) is 64.6 Å². The zero-order valence-electron chi connectivity index (χ0n) is 15.4. The predicted molar refractivity (Wildman–Crippen MR) is 92.2 cm³/mol. The quantitative estimate of drug-likeness (QED) is 0.649. The van der Waals surface area contributed by atoms with Gasteiger partial charge in [-0.2, -0.15) is 5.10 Å². The molecule has 0 spiro atoms. The van der Waals surface area contributed by atoms with E-state index in [0.29, 0.717) is 25.4 Å². The van der Waals surface area contributed by atoms with Gasteiger partial charge in [-0.05, 0) is 47.0 Å². The zero-order chi connectivity index (χ0) is 18.5. The minimum atomic E-state index is -0.520. The molecular weight excluding hydrogens is 324 g/mol. The van der Waals surface area contributed by atoms with Crippen molar-refractivity contribution < 1.29 is 19.1 Å². The number of alkyl carbamates (subject to hydrolysis) is 1. The summed E-state index contributed by atoms with van der Waals surface area (Å²) in [7, 11) is 0. The number of hydrogen-bond donors (Lipinski definition) is 3. The summed E-state index contributed by atoms with van der Waals surface area (Å²) in [5, 5.41) is 12.9. The minimum Gasteiger partial charge on any atom is -0.461 e. The summed E-state index contributed by atoms with van der Waals surface area (Å²) in [6, 6.07) is 0. The maximum Gasteiger partial charge on any atom is 0.408 e.